The van der Waals surface area contributed by atoms with E-state index in [1.165, 1.54) is 0 Å². The van der Waals surface area contributed by atoms with E-state index in [0.717, 1.165) is 0 Å². The van der Waals surface area contributed by atoms with Gasteiger partial charge >= 0.3 is 5.97 Å². The van der Waals surface area contributed by atoms with Crippen LogP contribution in [0.4, 0.5) is 0 Å². The number of hydrogen-bond acceptors (Lipinski definition) is 3. The molecule has 0 bridgehead atoms. The van der Waals surface area contributed by atoms with Gasteiger partial charge in [-0.3, -0.25) is 9.59 Å². The van der Waals surface area contributed by atoms with Gasteiger partial charge < -0.3 is 15.9 Å². The Labute approximate surface area is 71.3 Å². The van der Waals surface area contributed by atoms with Crippen molar-refractivity contribution in [2.75, 3.05) is 5.33 Å². The molecule has 0 heterocycles. The number of rotatable bonds is 4. The maximum Gasteiger partial charge on any atom is 0.306 e. The predicted molar refractivity (Wildman–Crippen MR) is 40.2 cm³/mol. The lowest BCUT2D eigenvalue weighted by Crippen LogP contribution is -2.47. The fourth-order valence-electron chi connectivity index (χ4n) is 0.450. The number of carbonyl (C=O) groups excluding carboxylic acids is 1. The summed E-state index contributed by atoms with van der Waals surface area (Å²) in [6.07, 6.45) is -0.687. The minimum atomic E-state index is -1.98. The van der Waals surface area contributed by atoms with Crippen molar-refractivity contribution in [2.24, 2.45) is 5.73 Å². The van der Waals surface area contributed by atoms with Crippen molar-refractivity contribution in [3.05, 3.63) is 0 Å². The van der Waals surface area contributed by atoms with Crippen LogP contribution in [0.5, 0.6) is 0 Å². The standard InChI is InChI=1S/C5H8BrNO4/c6-2-5(11,4(7)10)1-3(8)9/h11H,1-2H2,(H2,7,10)(H,8,9). The first-order valence-corrected chi connectivity index (χ1v) is 3.84. The molecular weight excluding hydrogens is 218 g/mol. The molecular formula is C5H8BrNO4. The normalized spacial score (nSPS) is 15.5. The van der Waals surface area contributed by atoms with E-state index in [4.69, 9.17) is 15.9 Å². The molecule has 0 aliphatic carbocycles. The van der Waals surface area contributed by atoms with Crippen molar-refractivity contribution in [3.8, 4) is 0 Å². The van der Waals surface area contributed by atoms with E-state index in [1.54, 1.807) is 0 Å². The second-order valence-corrected chi connectivity index (χ2v) is 2.66. The highest BCUT2D eigenvalue weighted by atomic mass is 79.9. The van der Waals surface area contributed by atoms with Gasteiger partial charge in [0.05, 0.1) is 6.42 Å². The van der Waals surface area contributed by atoms with Gasteiger partial charge in [-0.15, -0.1) is 0 Å². The van der Waals surface area contributed by atoms with Gasteiger partial charge in [0.15, 0.2) is 5.60 Å². The third-order valence-corrected chi connectivity index (χ3v) is 2.05. The molecule has 4 N–H and O–H groups in total. The second kappa shape index (κ2) is 3.68. The number of carboxylic acids is 1. The number of carbonyl (C=O) groups is 2. The summed E-state index contributed by atoms with van der Waals surface area (Å²) in [5.41, 5.74) is 2.77. The molecule has 0 rings (SSSR count). The first kappa shape index (κ1) is 10.4. The van der Waals surface area contributed by atoms with Crippen molar-refractivity contribution in [3.63, 3.8) is 0 Å². The number of aliphatic hydroxyl groups is 1. The summed E-state index contributed by atoms with van der Waals surface area (Å²) in [4.78, 5) is 20.6. The van der Waals surface area contributed by atoms with Crippen LogP contribution in [-0.2, 0) is 9.59 Å². The summed E-state index contributed by atoms with van der Waals surface area (Å²) in [5.74, 6) is -2.32. The van der Waals surface area contributed by atoms with Crippen molar-refractivity contribution in [1.82, 2.24) is 0 Å². The monoisotopic (exact) mass is 225 g/mol. The summed E-state index contributed by atoms with van der Waals surface area (Å²) < 4.78 is 0. The van der Waals surface area contributed by atoms with Gasteiger partial charge in [-0.2, -0.15) is 0 Å². The van der Waals surface area contributed by atoms with Crippen molar-refractivity contribution >= 4 is 27.8 Å². The number of carboxylic acid groups (broad SMARTS) is 1. The molecule has 64 valence electrons. The molecule has 0 radical (unpaired) electrons. The zero-order chi connectivity index (χ0) is 9.07. The highest BCUT2D eigenvalue weighted by Crippen LogP contribution is 2.12. The molecule has 11 heavy (non-hydrogen) atoms. The van der Waals surface area contributed by atoms with Crippen LogP contribution in [-0.4, -0.2) is 33.0 Å². The number of primary amides is 1. The average Bonchev–Trinajstić information content (AvgIpc) is 1.86. The molecule has 0 saturated carbocycles. The van der Waals surface area contributed by atoms with Gasteiger partial charge in [0.25, 0.3) is 5.91 Å². The molecule has 0 aliphatic heterocycles. The second-order valence-electron chi connectivity index (χ2n) is 2.10. The van der Waals surface area contributed by atoms with Crippen LogP contribution in [0.25, 0.3) is 0 Å². The Bertz CT molecular complexity index is 183. The van der Waals surface area contributed by atoms with E-state index in [2.05, 4.69) is 15.9 Å². The third-order valence-electron chi connectivity index (χ3n) is 1.12. The van der Waals surface area contributed by atoms with Crippen LogP contribution in [0, 0.1) is 0 Å². The number of nitrogens with two attached hydrogens (primary N) is 1. The van der Waals surface area contributed by atoms with Gasteiger partial charge in [0.1, 0.15) is 0 Å². The molecule has 0 aliphatic rings. The molecule has 0 fully saturated rings. The minimum absolute atomic E-state index is 0.179. The van der Waals surface area contributed by atoms with Gasteiger partial charge in [-0.25, -0.2) is 0 Å². The summed E-state index contributed by atoms with van der Waals surface area (Å²) in [6.45, 7) is 0. The lowest BCUT2D eigenvalue weighted by atomic mass is 10.0. The molecule has 0 spiro atoms. The lowest BCUT2D eigenvalue weighted by Gasteiger charge is -2.18. The van der Waals surface area contributed by atoms with E-state index in [0.29, 0.717) is 0 Å². The van der Waals surface area contributed by atoms with Gasteiger partial charge in [-0.1, -0.05) is 15.9 Å². The Kier molecular flexibility index (Phi) is 3.47. The Morgan fingerprint density at radius 2 is 2.00 bits per heavy atom. The van der Waals surface area contributed by atoms with Crippen LogP contribution in [0.15, 0.2) is 0 Å². The Morgan fingerprint density at radius 3 is 2.09 bits per heavy atom. The van der Waals surface area contributed by atoms with E-state index < -0.39 is 23.9 Å². The van der Waals surface area contributed by atoms with Crippen LogP contribution >= 0.6 is 15.9 Å². The molecule has 0 aromatic heterocycles. The van der Waals surface area contributed by atoms with E-state index in [1.807, 2.05) is 0 Å². The summed E-state index contributed by atoms with van der Waals surface area (Å²) in [7, 11) is 0. The molecule has 6 heteroatoms. The molecule has 0 aromatic rings. The number of alkyl halides is 1. The van der Waals surface area contributed by atoms with E-state index in [-0.39, 0.29) is 5.33 Å². The van der Waals surface area contributed by atoms with Crippen LogP contribution < -0.4 is 5.73 Å². The fourth-order valence-corrected chi connectivity index (χ4v) is 0.925. The smallest absolute Gasteiger partial charge is 0.306 e. The molecule has 1 atom stereocenters. The van der Waals surface area contributed by atoms with Crippen LogP contribution in [0.1, 0.15) is 6.42 Å². The first-order chi connectivity index (χ1) is 4.92. The zero-order valence-corrected chi connectivity index (χ0v) is 7.17. The maximum atomic E-state index is 10.5. The molecule has 0 aromatic carbocycles. The first-order valence-electron chi connectivity index (χ1n) is 2.72. The largest absolute Gasteiger partial charge is 0.481 e. The quantitative estimate of drug-likeness (QED) is 0.539. The van der Waals surface area contributed by atoms with Gasteiger partial charge in [0.2, 0.25) is 0 Å². The minimum Gasteiger partial charge on any atom is -0.481 e. The highest BCUT2D eigenvalue weighted by molar-refractivity contribution is 9.09. The predicted octanol–water partition coefficient (Wildman–Crippen LogP) is -0.928. The SMILES string of the molecule is NC(=O)C(O)(CBr)CC(=O)O. The topological polar surface area (TPSA) is 101 Å². The lowest BCUT2D eigenvalue weighted by molar-refractivity contribution is -0.148. The number of aliphatic carboxylic acids is 1. The summed E-state index contributed by atoms with van der Waals surface area (Å²) >= 11 is 2.79. The van der Waals surface area contributed by atoms with E-state index in [9.17, 15) is 9.59 Å². The molecule has 5 nitrogen and oxygen atoms in total. The average molecular weight is 226 g/mol. The number of hydrogen-bond donors (Lipinski definition) is 3. The Morgan fingerprint density at radius 1 is 1.55 bits per heavy atom. The number of halogens is 1. The van der Waals surface area contributed by atoms with Crippen molar-refractivity contribution in [2.45, 2.75) is 12.0 Å². The van der Waals surface area contributed by atoms with E-state index >= 15 is 0 Å². The molecule has 1 amide bonds. The van der Waals surface area contributed by atoms with Gasteiger partial charge in [-0.05, 0) is 0 Å². The van der Waals surface area contributed by atoms with Crippen LogP contribution in [0.3, 0.4) is 0 Å². The summed E-state index contributed by atoms with van der Waals surface area (Å²) in [6, 6.07) is 0. The van der Waals surface area contributed by atoms with Crippen LogP contribution in [0.2, 0.25) is 0 Å². The highest BCUT2D eigenvalue weighted by Gasteiger charge is 2.35. The van der Waals surface area contributed by atoms with Gasteiger partial charge in [0, 0.05) is 5.33 Å². The van der Waals surface area contributed by atoms with Crippen molar-refractivity contribution < 1.29 is 19.8 Å². The zero-order valence-electron chi connectivity index (χ0n) is 5.58. The fraction of sp³-hybridized carbons (Fsp3) is 0.600. The maximum absolute atomic E-state index is 10.5. The third kappa shape index (κ3) is 2.85. The Hall–Kier alpha value is -0.620. The molecule has 1 unspecified atom stereocenters. The number of amides is 1. The van der Waals surface area contributed by atoms with Crippen molar-refractivity contribution in [1.29, 1.82) is 0 Å². The molecule has 0 saturated heterocycles. The summed E-state index contributed by atoms with van der Waals surface area (Å²) in [5, 5.41) is 17.2. The Balaban J connectivity index is 4.34.